The predicted molar refractivity (Wildman–Crippen MR) is 39.9 cm³/mol. The zero-order valence-corrected chi connectivity index (χ0v) is 6.34. The number of fused-ring (bicyclic) bond motifs is 2. The summed E-state index contributed by atoms with van der Waals surface area (Å²) in [6.45, 7) is 3.36. The second-order valence-electron chi connectivity index (χ2n) is 3.71. The van der Waals surface area contributed by atoms with Crippen LogP contribution < -0.4 is 0 Å². The van der Waals surface area contributed by atoms with E-state index >= 15 is 0 Å². The Morgan fingerprint density at radius 3 is 2.10 bits per heavy atom. The number of hydrogen-bond donors (Lipinski definition) is 1. The minimum Gasteiger partial charge on any atom is -0.389 e. The molecule has 0 atom stereocenters. The van der Waals surface area contributed by atoms with Gasteiger partial charge in [-0.3, -0.25) is 0 Å². The van der Waals surface area contributed by atoms with Gasteiger partial charge in [0.25, 0.3) is 0 Å². The average molecular weight is 141 g/mol. The molecule has 2 heterocycles. The molecule has 2 aliphatic heterocycles. The fourth-order valence-electron chi connectivity index (χ4n) is 2.23. The van der Waals surface area contributed by atoms with Crippen molar-refractivity contribution < 1.29 is 5.11 Å². The lowest BCUT2D eigenvalue weighted by Crippen LogP contribution is -2.52. The molecule has 2 aliphatic rings. The quantitative estimate of drug-likeness (QED) is 0.534. The van der Waals surface area contributed by atoms with E-state index in [1.54, 1.807) is 0 Å². The molecule has 2 bridgehead atoms. The predicted octanol–water partition coefficient (Wildman–Crippen LogP) is 0.607. The fraction of sp³-hybridized carbons (Fsp3) is 1.00. The molecule has 0 aliphatic carbocycles. The highest BCUT2D eigenvalue weighted by molar-refractivity contribution is 4.90. The molecular weight excluding hydrogens is 126 g/mol. The van der Waals surface area contributed by atoms with Crippen molar-refractivity contribution in [2.45, 2.75) is 31.3 Å². The van der Waals surface area contributed by atoms with Gasteiger partial charge in [0, 0.05) is 6.54 Å². The smallest absolute Gasteiger partial charge is 0.0775 e. The lowest BCUT2D eigenvalue weighted by molar-refractivity contribution is -0.0624. The molecule has 58 valence electrons. The van der Waals surface area contributed by atoms with Gasteiger partial charge < -0.3 is 10.0 Å². The Kier molecular flexibility index (Phi) is 1.46. The standard InChI is InChI=1S/C8H15NO/c10-8-3-1-5-9(7-8)6-2-4-8/h10H,1-7H2. The molecule has 2 saturated heterocycles. The van der Waals surface area contributed by atoms with Crippen molar-refractivity contribution in [2.24, 2.45) is 0 Å². The summed E-state index contributed by atoms with van der Waals surface area (Å²) in [7, 11) is 0. The molecule has 0 amide bonds. The van der Waals surface area contributed by atoms with Gasteiger partial charge in [-0.25, -0.2) is 0 Å². The zero-order valence-electron chi connectivity index (χ0n) is 6.34. The molecule has 0 aromatic rings. The van der Waals surface area contributed by atoms with E-state index in [1.165, 1.54) is 25.9 Å². The Bertz CT molecular complexity index is 125. The van der Waals surface area contributed by atoms with E-state index in [-0.39, 0.29) is 5.60 Å². The molecule has 0 saturated carbocycles. The molecule has 10 heavy (non-hydrogen) atoms. The maximum Gasteiger partial charge on any atom is 0.0775 e. The number of piperidine rings is 2. The third-order valence-electron chi connectivity index (χ3n) is 2.75. The molecule has 2 nitrogen and oxygen atoms in total. The Balaban J connectivity index is 2.07. The average Bonchev–Trinajstić information content (AvgIpc) is 1.86. The van der Waals surface area contributed by atoms with Crippen LogP contribution >= 0.6 is 0 Å². The molecule has 2 heteroatoms. The van der Waals surface area contributed by atoms with Gasteiger partial charge >= 0.3 is 0 Å². The van der Waals surface area contributed by atoms with Gasteiger partial charge in [0.05, 0.1) is 5.60 Å². The Morgan fingerprint density at radius 1 is 1.10 bits per heavy atom. The van der Waals surface area contributed by atoms with Crippen LogP contribution in [-0.2, 0) is 0 Å². The summed E-state index contributed by atoms with van der Waals surface area (Å²) < 4.78 is 0. The highest BCUT2D eigenvalue weighted by Crippen LogP contribution is 2.29. The molecule has 0 aromatic carbocycles. The number of aliphatic hydroxyl groups is 1. The van der Waals surface area contributed by atoms with Crippen LogP contribution in [-0.4, -0.2) is 35.2 Å². The summed E-state index contributed by atoms with van der Waals surface area (Å²) in [6, 6.07) is 0. The fourth-order valence-corrected chi connectivity index (χ4v) is 2.23. The summed E-state index contributed by atoms with van der Waals surface area (Å²) >= 11 is 0. The van der Waals surface area contributed by atoms with Gasteiger partial charge in [-0.05, 0) is 38.8 Å². The molecule has 2 rings (SSSR count). The van der Waals surface area contributed by atoms with Crippen LogP contribution in [0.5, 0.6) is 0 Å². The van der Waals surface area contributed by atoms with Crippen LogP contribution in [0, 0.1) is 0 Å². The molecule has 0 spiro atoms. The minimum absolute atomic E-state index is 0.295. The second kappa shape index (κ2) is 2.21. The monoisotopic (exact) mass is 141 g/mol. The van der Waals surface area contributed by atoms with Crippen molar-refractivity contribution >= 4 is 0 Å². The summed E-state index contributed by atoms with van der Waals surface area (Å²) in [5, 5.41) is 9.86. The largest absolute Gasteiger partial charge is 0.389 e. The van der Waals surface area contributed by atoms with Crippen LogP contribution in [0.25, 0.3) is 0 Å². The van der Waals surface area contributed by atoms with Gasteiger partial charge in [-0.15, -0.1) is 0 Å². The lowest BCUT2D eigenvalue weighted by atomic mass is 9.85. The third-order valence-corrected chi connectivity index (χ3v) is 2.75. The number of nitrogens with zero attached hydrogens (tertiary/aromatic N) is 1. The van der Waals surface area contributed by atoms with Crippen molar-refractivity contribution in [1.82, 2.24) is 4.90 Å². The van der Waals surface area contributed by atoms with E-state index in [2.05, 4.69) is 4.90 Å². The van der Waals surface area contributed by atoms with Crippen molar-refractivity contribution in [2.75, 3.05) is 19.6 Å². The van der Waals surface area contributed by atoms with E-state index in [1.807, 2.05) is 0 Å². The van der Waals surface area contributed by atoms with Gasteiger partial charge in [0.1, 0.15) is 0 Å². The SMILES string of the molecule is OC12CCCN(CCC1)C2. The zero-order chi connectivity index (χ0) is 7.03. The van der Waals surface area contributed by atoms with Crippen molar-refractivity contribution in [3.8, 4) is 0 Å². The van der Waals surface area contributed by atoms with Crippen LogP contribution in [0.3, 0.4) is 0 Å². The lowest BCUT2D eigenvalue weighted by Gasteiger charge is -2.43. The molecule has 0 unspecified atom stereocenters. The molecule has 0 radical (unpaired) electrons. The maximum absolute atomic E-state index is 9.86. The topological polar surface area (TPSA) is 23.5 Å². The number of rotatable bonds is 0. The van der Waals surface area contributed by atoms with E-state index in [0.29, 0.717) is 0 Å². The summed E-state index contributed by atoms with van der Waals surface area (Å²) in [4.78, 5) is 2.38. The highest BCUT2D eigenvalue weighted by Gasteiger charge is 2.35. The van der Waals surface area contributed by atoms with Gasteiger partial charge in [0.15, 0.2) is 0 Å². The van der Waals surface area contributed by atoms with Crippen molar-refractivity contribution in [3.63, 3.8) is 0 Å². The van der Waals surface area contributed by atoms with Crippen molar-refractivity contribution in [3.05, 3.63) is 0 Å². The Labute approximate surface area is 61.8 Å². The first kappa shape index (κ1) is 6.62. The first-order chi connectivity index (χ1) is 4.79. The van der Waals surface area contributed by atoms with E-state index in [9.17, 15) is 5.11 Å². The van der Waals surface area contributed by atoms with E-state index < -0.39 is 0 Å². The van der Waals surface area contributed by atoms with Gasteiger partial charge in [-0.2, -0.15) is 0 Å². The summed E-state index contributed by atoms with van der Waals surface area (Å²) in [5.41, 5.74) is -0.295. The minimum atomic E-state index is -0.295. The number of hydrogen-bond acceptors (Lipinski definition) is 2. The van der Waals surface area contributed by atoms with Crippen molar-refractivity contribution in [1.29, 1.82) is 0 Å². The van der Waals surface area contributed by atoms with Gasteiger partial charge in [-0.1, -0.05) is 0 Å². The Morgan fingerprint density at radius 2 is 1.70 bits per heavy atom. The normalized spacial score (nSPS) is 47.1. The van der Waals surface area contributed by atoms with E-state index in [4.69, 9.17) is 0 Å². The maximum atomic E-state index is 9.86. The highest BCUT2D eigenvalue weighted by atomic mass is 16.3. The van der Waals surface area contributed by atoms with Gasteiger partial charge in [0.2, 0.25) is 0 Å². The summed E-state index contributed by atoms with van der Waals surface area (Å²) in [5.74, 6) is 0. The second-order valence-corrected chi connectivity index (χ2v) is 3.71. The summed E-state index contributed by atoms with van der Waals surface area (Å²) in [6.07, 6.45) is 4.44. The first-order valence-corrected chi connectivity index (χ1v) is 4.23. The van der Waals surface area contributed by atoms with E-state index in [0.717, 1.165) is 19.4 Å². The molecular formula is C8H15NO. The molecule has 1 N–H and O–H groups in total. The van der Waals surface area contributed by atoms with Crippen LogP contribution in [0.4, 0.5) is 0 Å². The van der Waals surface area contributed by atoms with Crippen LogP contribution in [0.1, 0.15) is 25.7 Å². The molecule has 2 fully saturated rings. The first-order valence-electron chi connectivity index (χ1n) is 4.23. The van der Waals surface area contributed by atoms with Crippen LogP contribution in [0.15, 0.2) is 0 Å². The van der Waals surface area contributed by atoms with Crippen LogP contribution in [0.2, 0.25) is 0 Å². The third kappa shape index (κ3) is 1.06. The Hall–Kier alpha value is -0.0800. The molecule has 0 aromatic heterocycles.